The zero-order valence-corrected chi connectivity index (χ0v) is 11.0. The van der Waals surface area contributed by atoms with Crippen LogP contribution in [-0.2, 0) is 28.7 Å². The molecule has 21 heavy (non-hydrogen) atoms. The van der Waals surface area contributed by atoms with E-state index < -0.39 is 42.9 Å². The Morgan fingerprint density at radius 3 is 2.48 bits per heavy atom. The summed E-state index contributed by atoms with van der Waals surface area (Å²) in [5.74, 6) is -0.827. The summed E-state index contributed by atoms with van der Waals surface area (Å²) in [5, 5.41) is 0. The normalized spacial score (nSPS) is 11.8. The highest BCUT2D eigenvalue weighted by Crippen LogP contribution is 2.33. The van der Waals surface area contributed by atoms with Crippen molar-refractivity contribution in [3.63, 3.8) is 0 Å². The number of hydrogen-bond donors (Lipinski definition) is 1. The second-order valence-electron chi connectivity index (χ2n) is 4.01. The Morgan fingerprint density at radius 2 is 2.05 bits per heavy atom. The van der Waals surface area contributed by atoms with E-state index in [1.807, 2.05) is 0 Å². The molecule has 1 aromatic heterocycles. The number of rotatable bonds is 5. The van der Waals surface area contributed by atoms with Crippen LogP contribution in [0.2, 0.25) is 0 Å². The minimum atomic E-state index is -4.90. The molecule has 0 bridgehead atoms. The van der Waals surface area contributed by atoms with Gasteiger partial charge in [0.15, 0.2) is 0 Å². The number of hydrogen-bond acceptors (Lipinski definition) is 4. The largest absolute Gasteiger partial charge is 0.466 e. The van der Waals surface area contributed by atoms with Gasteiger partial charge in [-0.05, 0) is 24.1 Å². The molecule has 1 heterocycles. The molecule has 0 aromatic carbocycles. The summed E-state index contributed by atoms with van der Waals surface area (Å²) in [4.78, 5) is 14.3. The lowest BCUT2D eigenvalue weighted by atomic mass is 10.0. The second-order valence-corrected chi connectivity index (χ2v) is 4.01. The number of nitrogens with zero attached hydrogens (tertiary/aromatic N) is 1. The summed E-state index contributed by atoms with van der Waals surface area (Å²) >= 11 is 0. The fraction of sp³-hybridized carbons (Fsp3) is 0.500. The second kappa shape index (κ2) is 6.79. The number of carbonyl (C=O) groups is 1. The molecule has 0 radical (unpaired) electrons. The third-order valence-corrected chi connectivity index (χ3v) is 2.59. The highest BCUT2D eigenvalue weighted by atomic mass is 19.4. The van der Waals surface area contributed by atoms with Gasteiger partial charge in [0.05, 0.1) is 13.0 Å². The smallest absolute Gasteiger partial charge is 0.433 e. The van der Waals surface area contributed by atoms with Crippen LogP contribution in [-0.4, -0.2) is 17.6 Å². The zero-order chi connectivity index (χ0) is 16.2. The summed E-state index contributed by atoms with van der Waals surface area (Å²) < 4.78 is 68.3. The third kappa shape index (κ3) is 4.35. The van der Waals surface area contributed by atoms with Gasteiger partial charge in [-0.2, -0.15) is 13.2 Å². The van der Waals surface area contributed by atoms with Gasteiger partial charge in [0, 0.05) is 6.54 Å². The number of aromatic nitrogens is 1. The average molecular weight is 312 g/mol. The van der Waals surface area contributed by atoms with Crippen molar-refractivity contribution >= 4 is 5.97 Å². The number of nitrogens with two attached hydrogens (primary N) is 1. The van der Waals surface area contributed by atoms with Crippen molar-refractivity contribution in [1.29, 1.82) is 0 Å². The number of carbonyl (C=O) groups excluding carboxylic acids is 1. The van der Waals surface area contributed by atoms with Gasteiger partial charge >= 0.3 is 12.1 Å². The summed E-state index contributed by atoms with van der Waals surface area (Å²) in [6.07, 6.45) is -8.71. The van der Waals surface area contributed by atoms with Gasteiger partial charge in [0.1, 0.15) is 11.4 Å². The maximum atomic E-state index is 12.8. The molecular weight excluding hydrogens is 299 g/mol. The predicted octanol–water partition coefficient (Wildman–Crippen LogP) is 2.60. The van der Waals surface area contributed by atoms with Gasteiger partial charge in [-0.15, -0.1) is 0 Å². The van der Waals surface area contributed by atoms with Crippen molar-refractivity contribution in [2.24, 2.45) is 5.73 Å². The van der Waals surface area contributed by atoms with Crippen LogP contribution in [0.15, 0.2) is 6.07 Å². The summed E-state index contributed by atoms with van der Waals surface area (Å²) in [6, 6.07) is 0.547. The van der Waals surface area contributed by atoms with E-state index in [4.69, 9.17) is 5.73 Å². The van der Waals surface area contributed by atoms with Crippen molar-refractivity contribution in [3.8, 4) is 0 Å². The standard InChI is InChI=1S/C12H13F5N2O2/c1-2-21-9(20)4-6-3-8(12(15,16)17)19-10(11(13)14)7(6)5-18/h3,11H,2,4-5,18H2,1H3. The van der Waals surface area contributed by atoms with Crippen LogP contribution in [0.3, 0.4) is 0 Å². The van der Waals surface area contributed by atoms with Crippen molar-refractivity contribution in [2.45, 2.75) is 32.5 Å². The van der Waals surface area contributed by atoms with Crippen molar-refractivity contribution in [2.75, 3.05) is 6.61 Å². The molecule has 0 atom stereocenters. The van der Waals surface area contributed by atoms with E-state index in [9.17, 15) is 26.7 Å². The number of halogens is 5. The summed E-state index contributed by atoms with van der Waals surface area (Å²) in [7, 11) is 0. The number of ether oxygens (including phenoxy) is 1. The van der Waals surface area contributed by atoms with Crippen LogP contribution < -0.4 is 5.73 Å². The Balaban J connectivity index is 3.37. The van der Waals surface area contributed by atoms with Gasteiger partial charge in [-0.3, -0.25) is 4.79 Å². The molecule has 2 N–H and O–H groups in total. The SMILES string of the molecule is CCOC(=O)Cc1cc(C(F)(F)F)nc(C(F)F)c1CN. The van der Waals surface area contributed by atoms with Crippen LogP contribution >= 0.6 is 0 Å². The molecular formula is C12H13F5N2O2. The highest BCUT2D eigenvalue weighted by Gasteiger charge is 2.35. The molecule has 1 rings (SSSR count). The monoisotopic (exact) mass is 312 g/mol. The Morgan fingerprint density at radius 1 is 1.43 bits per heavy atom. The molecule has 9 heteroatoms. The minimum Gasteiger partial charge on any atom is -0.466 e. The van der Waals surface area contributed by atoms with Gasteiger partial charge < -0.3 is 10.5 Å². The Kier molecular flexibility index (Phi) is 5.59. The lowest BCUT2D eigenvalue weighted by Crippen LogP contribution is -2.18. The molecule has 0 unspecified atom stereocenters. The van der Waals surface area contributed by atoms with E-state index >= 15 is 0 Å². The Bertz CT molecular complexity index is 517. The van der Waals surface area contributed by atoms with Crippen LogP contribution in [0.1, 0.15) is 35.9 Å². The van der Waals surface area contributed by atoms with E-state index in [0.29, 0.717) is 6.07 Å². The summed E-state index contributed by atoms with van der Waals surface area (Å²) in [6.45, 7) is 1.08. The summed E-state index contributed by atoms with van der Waals surface area (Å²) in [5.41, 5.74) is 2.21. The quantitative estimate of drug-likeness (QED) is 0.670. The molecule has 118 valence electrons. The van der Waals surface area contributed by atoms with Crippen LogP contribution in [0.4, 0.5) is 22.0 Å². The first-order chi connectivity index (χ1) is 9.70. The van der Waals surface area contributed by atoms with Crippen molar-refractivity contribution in [3.05, 3.63) is 28.6 Å². The number of alkyl halides is 5. The van der Waals surface area contributed by atoms with Gasteiger partial charge in [-0.25, -0.2) is 13.8 Å². The first-order valence-corrected chi connectivity index (χ1v) is 5.94. The molecule has 0 aliphatic carbocycles. The van der Waals surface area contributed by atoms with Crippen LogP contribution in [0.5, 0.6) is 0 Å². The molecule has 4 nitrogen and oxygen atoms in total. The van der Waals surface area contributed by atoms with Crippen LogP contribution in [0, 0.1) is 0 Å². The highest BCUT2D eigenvalue weighted by molar-refractivity contribution is 5.73. The lowest BCUT2D eigenvalue weighted by Gasteiger charge is -2.15. The van der Waals surface area contributed by atoms with Gasteiger partial charge in [-0.1, -0.05) is 0 Å². The van der Waals surface area contributed by atoms with E-state index in [1.54, 1.807) is 0 Å². The molecule has 0 spiro atoms. The van der Waals surface area contributed by atoms with Gasteiger partial charge in [0.25, 0.3) is 6.43 Å². The first-order valence-electron chi connectivity index (χ1n) is 5.94. The molecule has 0 aliphatic heterocycles. The first kappa shape index (κ1) is 17.3. The van der Waals surface area contributed by atoms with Crippen molar-refractivity contribution < 1.29 is 31.5 Å². The number of pyridine rings is 1. The van der Waals surface area contributed by atoms with E-state index in [0.717, 1.165) is 0 Å². The zero-order valence-electron chi connectivity index (χ0n) is 11.0. The third-order valence-electron chi connectivity index (χ3n) is 2.59. The molecule has 0 fully saturated rings. The molecule has 1 aromatic rings. The van der Waals surface area contributed by atoms with Crippen LogP contribution in [0.25, 0.3) is 0 Å². The van der Waals surface area contributed by atoms with E-state index in [-0.39, 0.29) is 17.7 Å². The Hall–Kier alpha value is -1.77. The fourth-order valence-corrected chi connectivity index (χ4v) is 1.73. The average Bonchev–Trinajstić information content (AvgIpc) is 2.36. The maximum Gasteiger partial charge on any atom is 0.433 e. The fourth-order valence-electron chi connectivity index (χ4n) is 1.73. The molecule has 0 saturated heterocycles. The lowest BCUT2D eigenvalue weighted by molar-refractivity contribution is -0.143. The molecule has 0 aliphatic rings. The Labute approximate surface area is 117 Å². The minimum absolute atomic E-state index is 0.0235. The molecule has 0 saturated carbocycles. The van der Waals surface area contributed by atoms with E-state index in [1.165, 1.54) is 6.92 Å². The van der Waals surface area contributed by atoms with E-state index in [2.05, 4.69) is 9.72 Å². The molecule has 0 amide bonds. The van der Waals surface area contributed by atoms with Gasteiger partial charge in [0.2, 0.25) is 0 Å². The van der Waals surface area contributed by atoms with Crippen molar-refractivity contribution in [1.82, 2.24) is 4.98 Å². The topological polar surface area (TPSA) is 65.2 Å². The number of esters is 1. The maximum absolute atomic E-state index is 12.8. The predicted molar refractivity (Wildman–Crippen MR) is 62.4 cm³/mol.